The summed E-state index contributed by atoms with van der Waals surface area (Å²) in [6, 6.07) is 6.16. The summed E-state index contributed by atoms with van der Waals surface area (Å²) >= 11 is 0. The average Bonchev–Trinajstić information content (AvgIpc) is 2.05. The van der Waals surface area contributed by atoms with E-state index >= 15 is 0 Å². The van der Waals surface area contributed by atoms with Gasteiger partial charge in [0.2, 0.25) is 0 Å². The lowest BCUT2D eigenvalue weighted by Gasteiger charge is -2.02. The normalized spacial score (nSPS) is 10.7. The quantitative estimate of drug-likeness (QED) is 0.536. The fourth-order valence-electron chi connectivity index (χ4n) is 0.957. The second kappa shape index (κ2) is 4.13. The molecule has 0 saturated heterocycles. The number of alkyl halides is 2. The van der Waals surface area contributed by atoms with Crippen molar-refractivity contribution in [2.75, 3.05) is 0 Å². The Bertz CT molecular complexity index is 251. The molecule has 0 spiro atoms. The summed E-state index contributed by atoms with van der Waals surface area (Å²) in [5.74, 6) is 5.05. The van der Waals surface area contributed by atoms with Crippen molar-refractivity contribution in [1.82, 2.24) is 5.43 Å². The van der Waals surface area contributed by atoms with Crippen LogP contribution in [0.4, 0.5) is 8.78 Å². The molecule has 0 aromatic heterocycles. The topological polar surface area (TPSA) is 38.0 Å². The van der Waals surface area contributed by atoms with Crippen molar-refractivity contribution in [3.05, 3.63) is 35.4 Å². The fraction of sp³-hybridized carbons (Fsp3) is 0.250. The highest BCUT2D eigenvalue weighted by Gasteiger charge is 2.05. The van der Waals surface area contributed by atoms with Crippen molar-refractivity contribution in [1.29, 1.82) is 0 Å². The fourth-order valence-corrected chi connectivity index (χ4v) is 0.957. The van der Waals surface area contributed by atoms with E-state index in [1.165, 1.54) is 12.1 Å². The van der Waals surface area contributed by atoms with Crippen LogP contribution in [0.3, 0.4) is 0 Å². The lowest BCUT2D eigenvalue weighted by Crippen LogP contribution is -2.20. The highest BCUT2D eigenvalue weighted by Crippen LogP contribution is 2.19. The van der Waals surface area contributed by atoms with Gasteiger partial charge in [0.25, 0.3) is 6.43 Å². The van der Waals surface area contributed by atoms with Gasteiger partial charge in [0.15, 0.2) is 0 Å². The molecule has 1 aromatic carbocycles. The van der Waals surface area contributed by atoms with E-state index in [9.17, 15) is 8.78 Å². The number of halogens is 2. The van der Waals surface area contributed by atoms with E-state index in [1.54, 1.807) is 12.1 Å². The summed E-state index contributed by atoms with van der Waals surface area (Å²) in [5.41, 5.74) is 3.20. The third kappa shape index (κ3) is 2.25. The van der Waals surface area contributed by atoms with Gasteiger partial charge < -0.3 is 0 Å². The molecule has 0 fully saturated rings. The summed E-state index contributed by atoms with van der Waals surface area (Å²) < 4.78 is 24.3. The van der Waals surface area contributed by atoms with Crippen LogP contribution in [-0.4, -0.2) is 0 Å². The number of hydrogen-bond donors (Lipinski definition) is 2. The van der Waals surface area contributed by atoms with Crippen molar-refractivity contribution < 1.29 is 8.78 Å². The van der Waals surface area contributed by atoms with Crippen molar-refractivity contribution in [2.24, 2.45) is 5.84 Å². The zero-order valence-corrected chi connectivity index (χ0v) is 6.43. The van der Waals surface area contributed by atoms with Gasteiger partial charge in [0.05, 0.1) is 0 Å². The van der Waals surface area contributed by atoms with Crippen LogP contribution in [0.1, 0.15) is 17.6 Å². The van der Waals surface area contributed by atoms with Gasteiger partial charge in [-0.05, 0) is 11.6 Å². The zero-order valence-electron chi connectivity index (χ0n) is 6.43. The van der Waals surface area contributed by atoms with Crippen molar-refractivity contribution in [2.45, 2.75) is 13.0 Å². The molecule has 0 aliphatic heterocycles. The van der Waals surface area contributed by atoms with Gasteiger partial charge in [-0.15, -0.1) is 0 Å². The summed E-state index contributed by atoms with van der Waals surface area (Å²) in [5, 5.41) is 0. The molecule has 0 radical (unpaired) electrons. The first kappa shape index (κ1) is 9.09. The van der Waals surface area contributed by atoms with Crippen molar-refractivity contribution >= 4 is 0 Å². The third-order valence-electron chi connectivity index (χ3n) is 1.51. The number of nitrogens with two attached hydrogens (primary N) is 1. The highest BCUT2D eigenvalue weighted by molar-refractivity contribution is 5.24. The predicted octanol–water partition coefficient (Wildman–Crippen LogP) is 1.59. The summed E-state index contributed by atoms with van der Waals surface area (Å²) in [6.45, 7) is 0.403. The van der Waals surface area contributed by atoms with E-state index in [0.717, 1.165) is 5.56 Å². The largest absolute Gasteiger partial charge is 0.271 e. The molecular weight excluding hydrogens is 162 g/mol. The zero-order chi connectivity index (χ0) is 8.97. The number of hydrogen-bond acceptors (Lipinski definition) is 2. The van der Waals surface area contributed by atoms with E-state index in [2.05, 4.69) is 5.43 Å². The highest BCUT2D eigenvalue weighted by atomic mass is 19.3. The number of hydrazine groups is 1. The average molecular weight is 172 g/mol. The van der Waals surface area contributed by atoms with Gasteiger partial charge in [-0.25, -0.2) is 8.78 Å². The minimum atomic E-state index is -2.41. The van der Waals surface area contributed by atoms with Crippen LogP contribution in [0.15, 0.2) is 24.3 Å². The summed E-state index contributed by atoms with van der Waals surface area (Å²) in [4.78, 5) is 0. The smallest absolute Gasteiger partial charge is 0.263 e. The van der Waals surface area contributed by atoms with Gasteiger partial charge in [-0.1, -0.05) is 18.2 Å². The monoisotopic (exact) mass is 172 g/mol. The molecule has 0 heterocycles. The Balaban J connectivity index is 2.81. The standard InChI is InChI=1S/C8H10F2N2/c9-8(10)7-3-1-2-6(4-7)5-12-11/h1-4,8,12H,5,11H2. The summed E-state index contributed by atoms with van der Waals surface area (Å²) in [7, 11) is 0. The minimum Gasteiger partial charge on any atom is -0.271 e. The van der Waals surface area contributed by atoms with Gasteiger partial charge >= 0.3 is 0 Å². The maximum absolute atomic E-state index is 12.1. The van der Waals surface area contributed by atoms with Crippen LogP contribution in [0.25, 0.3) is 0 Å². The van der Waals surface area contributed by atoms with Crippen molar-refractivity contribution in [3.8, 4) is 0 Å². The Kier molecular flexibility index (Phi) is 3.13. The Morgan fingerprint density at radius 1 is 1.42 bits per heavy atom. The molecule has 0 unspecified atom stereocenters. The van der Waals surface area contributed by atoms with E-state index in [4.69, 9.17) is 5.84 Å². The van der Waals surface area contributed by atoms with Crippen LogP contribution in [-0.2, 0) is 6.54 Å². The molecular formula is C8H10F2N2. The number of rotatable bonds is 3. The molecule has 0 atom stereocenters. The van der Waals surface area contributed by atoms with Crippen LogP contribution < -0.4 is 11.3 Å². The Labute approximate surface area is 69.4 Å². The first-order valence-corrected chi connectivity index (χ1v) is 3.54. The molecule has 2 nitrogen and oxygen atoms in total. The first-order chi connectivity index (χ1) is 5.74. The maximum Gasteiger partial charge on any atom is 0.263 e. The molecule has 3 N–H and O–H groups in total. The van der Waals surface area contributed by atoms with Gasteiger partial charge in [-0.3, -0.25) is 11.3 Å². The predicted molar refractivity (Wildman–Crippen MR) is 42.4 cm³/mol. The number of nitrogens with one attached hydrogen (secondary N) is 1. The van der Waals surface area contributed by atoms with Crippen LogP contribution in [0.5, 0.6) is 0 Å². The Hall–Kier alpha value is -1.00. The van der Waals surface area contributed by atoms with Crippen LogP contribution in [0, 0.1) is 0 Å². The van der Waals surface area contributed by atoms with Gasteiger partial charge in [0.1, 0.15) is 0 Å². The minimum absolute atomic E-state index is 0.0303. The second-order valence-electron chi connectivity index (χ2n) is 2.43. The molecule has 0 aliphatic carbocycles. The molecule has 66 valence electrons. The van der Waals surface area contributed by atoms with E-state index < -0.39 is 6.43 Å². The van der Waals surface area contributed by atoms with Gasteiger partial charge in [0, 0.05) is 12.1 Å². The maximum atomic E-state index is 12.1. The van der Waals surface area contributed by atoms with Crippen LogP contribution in [0.2, 0.25) is 0 Å². The molecule has 0 aliphatic rings. The van der Waals surface area contributed by atoms with Crippen LogP contribution >= 0.6 is 0 Å². The molecule has 4 heteroatoms. The lowest BCUT2D eigenvalue weighted by molar-refractivity contribution is 0.151. The second-order valence-corrected chi connectivity index (χ2v) is 2.43. The molecule has 0 amide bonds. The third-order valence-corrected chi connectivity index (χ3v) is 1.51. The van der Waals surface area contributed by atoms with Crippen molar-refractivity contribution in [3.63, 3.8) is 0 Å². The van der Waals surface area contributed by atoms with E-state index in [0.29, 0.717) is 6.54 Å². The Morgan fingerprint density at radius 2 is 2.17 bits per heavy atom. The Morgan fingerprint density at radius 3 is 2.75 bits per heavy atom. The SMILES string of the molecule is NNCc1cccc(C(F)F)c1. The molecule has 12 heavy (non-hydrogen) atoms. The van der Waals surface area contributed by atoms with Gasteiger partial charge in [-0.2, -0.15) is 0 Å². The lowest BCUT2D eigenvalue weighted by atomic mass is 10.1. The number of benzene rings is 1. The van der Waals surface area contributed by atoms with E-state index in [-0.39, 0.29) is 5.56 Å². The molecule has 0 saturated carbocycles. The first-order valence-electron chi connectivity index (χ1n) is 3.54. The molecule has 1 aromatic rings. The van der Waals surface area contributed by atoms with E-state index in [1.807, 2.05) is 0 Å². The molecule has 1 rings (SSSR count). The molecule has 0 bridgehead atoms. The summed E-state index contributed by atoms with van der Waals surface area (Å²) in [6.07, 6.45) is -2.41.